The summed E-state index contributed by atoms with van der Waals surface area (Å²) in [5.41, 5.74) is 1.21. The van der Waals surface area contributed by atoms with Gasteiger partial charge in [0.1, 0.15) is 22.1 Å². The van der Waals surface area contributed by atoms with E-state index in [0.717, 1.165) is 5.56 Å². The molecule has 0 unspecified atom stereocenters. The maximum atomic E-state index is 13.3. The van der Waals surface area contributed by atoms with Crippen LogP contribution in [0.2, 0.25) is 5.02 Å². The summed E-state index contributed by atoms with van der Waals surface area (Å²) >= 11 is 6.13. The molecule has 1 fully saturated rings. The van der Waals surface area contributed by atoms with Crippen molar-refractivity contribution in [2.24, 2.45) is 5.92 Å². The molecule has 0 spiro atoms. The molecule has 0 aliphatic carbocycles. The Bertz CT molecular complexity index is 1110. The SMILES string of the molecule is COc1cc(NC(=O)[C@H]2CCCN(S(=O)(=O)c3cc(C)ccc3OC)C2)c(OC)cc1Cl. The number of methoxy groups -OCH3 is 3. The number of nitrogens with one attached hydrogen (secondary N) is 1. The average molecular weight is 483 g/mol. The first-order valence-corrected chi connectivity index (χ1v) is 11.9. The van der Waals surface area contributed by atoms with Crippen LogP contribution in [-0.2, 0) is 14.8 Å². The molecule has 2 aromatic carbocycles. The second-order valence-corrected chi connectivity index (χ2v) is 9.85. The van der Waals surface area contributed by atoms with Gasteiger partial charge < -0.3 is 19.5 Å². The Morgan fingerprint density at radius 2 is 1.75 bits per heavy atom. The van der Waals surface area contributed by atoms with E-state index in [-0.39, 0.29) is 23.1 Å². The lowest BCUT2D eigenvalue weighted by Crippen LogP contribution is -2.43. The topological polar surface area (TPSA) is 94.2 Å². The maximum absolute atomic E-state index is 13.3. The van der Waals surface area contributed by atoms with Crippen LogP contribution < -0.4 is 19.5 Å². The van der Waals surface area contributed by atoms with Crippen LogP contribution in [0.1, 0.15) is 18.4 Å². The van der Waals surface area contributed by atoms with Crippen LogP contribution in [0.25, 0.3) is 0 Å². The Morgan fingerprint density at radius 3 is 2.41 bits per heavy atom. The van der Waals surface area contributed by atoms with E-state index >= 15 is 0 Å². The van der Waals surface area contributed by atoms with Gasteiger partial charge in [0.15, 0.2) is 0 Å². The minimum absolute atomic E-state index is 0.0678. The van der Waals surface area contributed by atoms with Crippen molar-refractivity contribution in [1.82, 2.24) is 4.31 Å². The molecule has 1 N–H and O–H groups in total. The first-order chi connectivity index (χ1) is 15.2. The number of amides is 1. The summed E-state index contributed by atoms with van der Waals surface area (Å²) in [6, 6.07) is 8.14. The number of carbonyl (C=O) groups is 1. The highest BCUT2D eigenvalue weighted by Crippen LogP contribution is 2.37. The average Bonchev–Trinajstić information content (AvgIpc) is 2.79. The Labute approximate surface area is 193 Å². The van der Waals surface area contributed by atoms with Crippen molar-refractivity contribution < 1.29 is 27.4 Å². The lowest BCUT2D eigenvalue weighted by molar-refractivity contribution is -0.120. The fourth-order valence-electron chi connectivity index (χ4n) is 3.69. The summed E-state index contributed by atoms with van der Waals surface area (Å²) in [6.45, 7) is 2.22. The van der Waals surface area contributed by atoms with Gasteiger partial charge in [-0.15, -0.1) is 0 Å². The predicted octanol–water partition coefficient (Wildman–Crippen LogP) is 3.71. The van der Waals surface area contributed by atoms with E-state index < -0.39 is 15.9 Å². The summed E-state index contributed by atoms with van der Waals surface area (Å²) in [5.74, 6) is 0.223. The summed E-state index contributed by atoms with van der Waals surface area (Å²) < 4.78 is 43.8. The number of benzene rings is 2. The fourth-order valence-corrected chi connectivity index (χ4v) is 5.69. The molecular formula is C22H27ClN2O6S. The molecule has 1 saturated heterocycles. The fraction of sp³-hybridized carbons (Fsp3) is 0.409. The Morgan fingerprint density at radius 1 is 1.06 bits per heavy atom. The molecule has 0 bridgehead atoms. The number of hydrogen-bond acceptors (Lipinski definition) is 6. The lowest BCUT2D eigenvalue weighted by atomic mass is 9.98. The molecule has 0 aromatic heterocycles. The zero-order chi connectivity index (χ0) is 23.5. The van der Waals surface area contributed by atoms with Crippen molar-refractivity contribution in [3.63, 3.8) is 0 Å². The monoisotopic (exact) mass is 482 g/mol. The smallest absolute Gasteiger partial charge is 0.246 e. The van der Waals surface area contributed by atoms with E-state index in [4.69, 9.17) is 25.8 Å². The summed E-state index contributed by atoms with van der Waals surface area (Å²) in [7, 11) is 0.550. The van der Waals surface area contributed by atoms with Gasteiger partial charge in [-0.3, -0.25) is 4.79 Å². The Hall–Kier alpha value is -2.49. The zero-order valence-electron chi connectivity index (χ0n) is 18.5. The van der Waals surface area contributed by atoms with Crippen molar-refractivity contribution in [1.29, 1.82) is 0 Å². The number of piperidine rings is 1. The molecule has 3 rings (SSSR count). The van der Waals surface area contributed by atoms with Crippen LogP contribution >= 0.6 is 11.6 Å². The Kier molecular flexibility index (Phi) is 7.53. The number of sulfonamides is 1. The van der Waals surface area contributed by atoms with Gasteiger partial charge in [0.05, 0.1) is 38.0 Å². The molecule has 1 atom stereocenters. The minimum Gasteiger partial charge on any atom is -0.495 e. The van der Waals surface area contributed by atoms with Crippen LogP contribution in [0.4, 0.5) is 5.69 Å². The maximum Gasteiger partial charge on any atom is 0.246 e. The van der Waals surface area contributed by atoms with E-state index in [1.807, 2.05) is 6.92 Å². The normalized spacial score (nSPS) is 17.0. The van der Waals surface area contributed by atoms with Crippen molar-refractivity contribution in [3.8, 4) is 17.2 Å². The molecule has 1 amide bonds. The van der Waals surface area contributed by atoms with Crippen LogP contribution in [-0.4, -0.2) is 53.0 Å². The molecule has 0 saturated carbocycles. The van der Waals surface area contributed by atoms with Crippen LogP contribution in [0.3, 0.4) is 0 Å². The minimum atomic E-state index is -3.83. The van der Waals surface area contributed by atoms with E-state index in [1.165, 1.54) is 25.6 Å². The molecular weight excluding hydrogens is 456 g/mol. The third-order valence-corrected chi connectivity index (χ3v) is 7.61. The number of nitrogens with zero attached hydrogens (tertiary/aromatic N) is 1. The van der Waals surface area contributed by atoms with E-state index in [0.29, 0.717) is 41.6 Å². The number of carbonyl (C=O) groups excluding carboxylic acids is 1. The second kappa shape index (κ2) is 9.97. The van der Waals surface area contributed by atoms with Gasteiger partial charge in [0.2, 0.25) is 15.9 Å². The largest absolute Gasteiger partial charge is 0.495 e. The highest BCUT2D eigenvalue weighted by Gasteiger charge is 2.35. The van der Waals surface area contributed by atoms with Crippen LogP contribution in [0, 0.1) is 12.8 Å². The molecule has 8 nitrogen and oxygen atoms in total. The second-order valence-electron chi connectivity index (χ2n) is 7.53. The highest BCUT2D eigenvalue weighted by molar-refractivity contribution is 7.89. The van der Waals surface area contributed by atoms with Crippen molar-refractivity contribution in [2.45, 2.75) is 24.7 Å². The van der Waals surface area contributed by atoms with E-state index in [2.05, 4.69) is 5.32 Å². The third kappa shape index (κ3) is 4.95. The molecule has 10 heteroatoms. The van der Waals surface area contributed by atoms with Gasteiger partial charge in [-0.2, -0.15) is 4.31 Å². The zero-order valence-corrected chi connectivity index (χ0v) is 20.0. The predicted molar refractivity (Wildman–Crippen MR) is 122 cm³/mol. The molecule has 0 radical (unpaired) electrons. The third-order valence-electron chi connectivity index (χ3n) is 5.42. The summed E-state index contributed by atoms with van der Waals surface area (Å²) in [5, 5.41) is 3.18. The van der Waals surface area contributed by atoms with Gasteiger partial charge in [0, 0.05) is 25.2 Å². The van der Waals surface area contributed by atoms with E-state index in [1.54, 1.807) is 30.3 Å². The number of aryl methyl sites for hydroxylation is 1. The van der Waals surface area contributed by atoms with Gasteiger partial charge in [-0.1, -0.05) is 17.7 Å². The number of ether oxygens (including phenoxy) is 3. The first kappa shape index (κ1) is 24.2. The number of rotatable bonds is 7. The number of halogens is 1. The molecule has 174 valence electrons. The first-order valence-electron chi connectivity index (χ1n) is 10.1. The summed E-state index contributed by atoms with van der Waals surface area (Å²) in [4.78, 5) is 13.1. The Balaban J connectivity index is 1.82. The molecule has 2 aromatic rings. The molecule has 1 aliphatic rings. The van der Waals surface area contributed by atoms with Crippen molar-refractivity contribution in [3.05, 3.63) is 40.9 Å². The van der Waals surface area contributed by atoms with Gasteiger partial charge in [-0.25, -0.2) is 8.42 Å². The quantitative estimate of drug-likeness (QED) is 0.646. The van der Waals surface area contributed by atoms with Gasteiger partial charge >= 0.3 is 0 Å². The number of hydrogen-bond donors (Lipinski definition) is 1. The lowest BCUT2D eigenvalue weighted by Gasteiger charge is -2.31. The number of anilines is 1. The standard InChI is InChI=1S/C22H27ClN2O6S/c1-14-7-8-18(29-2)21(10-14)32(27,28)25-9-5-6-15(13-25)22(26)24-17-12-19(30-3)16(23)11-20(17)31-4/h7-8,10-12,15H,5-6,9,13H2,1-4H3,(H,24,26)/t15-/m0/s1. The van der Waals surface area contributed by atoms with E-state index in [9.17, 15) is 13.2 Å². The molecule has 1 aliphatic heterocycles. The van der Waals surface area contributed by atoms with Gasteiger partial charge in [0.25, 0.3) is 0 Å². The van der Waals surface area contributed by atoms with Crippen molar-refractivity contribution >= 4 is 33.2 Å². The van der Waals surface area contributed by atoms with Gasteiger partial charge in [-0.05, 0) is 37.5 Å². The van der Waals surface area contributed by atoms with Crippen LogP contribution in [0.5, 0.6) is 17.2 Å². The molecule has 1 heterocycles. The van der Waals surface area contributed by atoms with Crippen molar-refractivity contribution in [2.75, 3.05) is 39.7 Å². The highest BCUT2D eigenvalue weighted by atomic mass is 35.5. The summed E-state index contributed by atoms with van der Waals surface area (Å²) in [6.07, 6.45) is 1.13. The molecule has 32 heavy (non-hydrogen) atoms. The van der Waals surface area contributed by atoms with Crippen LogP contribution in [0.15, 0.2) is 35.2 Å².